The van der Waals surface area contributed by atoms with Crippen molar-refractivity contribution < 1.29 is 22.9 Å². The van der Waals surface area contributed by atoms with Gasteiger partial charge in [-0.2, -0.15) is 10.1 Å². The standard InChI is InChI=1S/C21H22ClF2N6O3P/c1-20(2,18(25)32)27-15(31)9-30-14(16(23)24)8-13(28-30)17-26-19(29-33-17)21(5-6-21)11-4-3-10(34)7-12(11)22/h3-4,7-8,16H,5-6,9,34H2,1-2H3,(H2,25,32)(H,27,31). The highest BCUT2D eigenvalue weighted by Gasteiger charge is 2.51. The Labute approximate surface area is 200 Å². The Morgan fingerprint density at radius 3 is 2.65 bits per heavy atom. The zero-order valence-electron chi connectivity index (χ0n) is 18.3. The first kappa shape index (κ1) is 24.2. The lowest BCUT2D eigenvalue weighted by Crippen LogP contribution is -2.53. The van der Waals surface area contributed by atoms with E-state index in [1.54, 1.807) is 0 Å². The Morgan fingerprint density at radius 1 is 1.35 bits per heavy atom. The molecule has 0 spiro atoms. The summed E-state index contributed by atoms with van der Waals surface area (Å²) in [6.45, 7) is 2.25. The first-order chi connectivity index (χ1) is 15.9. The van der Waals surface area contributed by atoms with E-state index in [0.717, 1.165) is 34.5 Å². The number of hydrogen-bond acceptors (Lipinski definition) is 6. The molecule has 3 N–H and O–H groups in total. The number of nitrogens with zero attached hydrogens (tertiary/aromatic N) is 4. The van der Waals surface area contributed by atoms with Gasteiger partial charge in [0, 0.05) is 5.02 Å². The minimum atomic E-state index is -2.92. The molecule has 9 nitrogen and oxygen atoms in total. The Morgan fingerprint density at radius 2 is 2.06 bits per heavy atom. The number of benzene rings is 1. The molecule has 2 aromatic heterocycles. The highest BCUT2D eigenvalue weighted by molar-refractivity contribution is 7.27. The van der Waals surface area contributed by atoms with Crippen LogP contribution in [0.3, 0.4) is 0 Å². The van der Waals surface area contributed by atoms with Gasteiger partial charge in [-0.1, -0.05) is 28.9 Å². The molecule has 0 aliphatic heterocycles. The van der Waals surface area contributed by atoms with Gasteiger partial charge in [0.15, 0.2) is 11.5 Å². The zero-order valence-corrected chi connectivity index (χ0v) is 20.2. The van der Waals surface area contributed by atoms with E-state index >= 15 is 0 Å². The van der Waals surface area contributed by atoms with E-state index in [9.17, 15) is 18.4 Å². The second-order valence-electron chi connectivity index (χ2n) is 8.69. The summed E-state index contributed by atoms with van der Waals surface area (Å²) in [5, 5.41) is 12.0. The number of carbonyl (C=O) groups excluding carboxylic acids is 2. The maximum absolute atomic E-state index is 13.6. The van der Waals surface area contributed by atoms with Crippen LogP contribution in [0.25, 0.3) is 11.6 Å². The predicted molar refractivity (Wildman–Crippen MR) is 123 cm³/mol. The third-order valence-electron chi connectivity index (χ3n) is 5.73. The first-order valence-electron chi connectivity index (χ1n) is 10.3. The molecule has 180 valence electrons. The van der Waals surface area contributed by atoms with Crippen molar-refractivity contribution in [3.8, 4) is 11.6 Å². The third-order valence-corrected chi connectivity index (χ3v) is 6.40. The van der Waals surface area contributed by atoms with Gasteiger partial charge in [-0.3, -0.25) is 14.3 Å². The fraction of sp³-hybridized carbons (Fsp3) is 0.381. The number of carbonyl (C=O) groups is 2. The van der Waals surface area contributed by atoms with E-state index in [1.807, 2.05) is 18.2 Å². The lowest BCUT2D eigenvalue weighted by atomic mass is 9.95. The van der Waals surface area contributed by atoms with Crippen LogP contribution in [0.4, 0.5) is 8.78 Å². The van der Waals surface area contributed by atoms with Crippen molar-refractivity contribution in [2.24, 2.45) is 5.73 Å². The maximum atomic E-state index is 13.6. The molecule has 1 saturated carbocycles. The molecule has 13 heteroatoms. The minimum Gasteiger partial charge on any atom is -0.368 e. The van der Waals surface area contributed by atoms with E-state index in [-0.39, 0.29) is 11.6 Å². The van der Waals surface area contributed by atoms with Gasteiger partial charge < -0.3 is 15.6 Å². The molecule has 0 bridgehead atoms. The molecular weight excluding hydrogens is 489 g/mol. The number of alkyl halides is 2. The van der Waals surface area contributed by atoms with Gasteiger partial charge in [-0.15, -0.1) is 9.24 Å². The van der Waals surface area contributed by atoms with Crippen molar-refractivity contribution in [1.82, 2.24) is 25.2 Å². The van der Waals surface area contributed by atoms with E-state index < -0.39 is 41.4 Å². The SMILES string of the molecule is CC(C)(NC(=O)Cn1nc(-c2nc(C3(c4ccc(P)cc4Cl)CC3)no2)cc1C(F)F)C(N)=O. The smallest absolute Gasteiger partial charge is 0.280 e. The van der Waals surface area contributed by atoms with Crippen molar-refractivity contribution in [2.45, 2.75) is 50.6 Å². The summed E-state index contributed by atoms with van der Waals surface area (Å²) in [4.78, 5) is 28.2. The molecule has 1 aromatic carbocycles. The van der Waals surface area contributed by atoms with Crippen LogP contribution in [0.15, 0.2) is 28.8 Å². The van der Waals surface area contributed by atoms with Crippen molar-refractivity contribution in [2.75, 3.05) is 0 Å². The van der Waals surface area contributed by atoms with Gasteiger partial charge in [0.1, 0.15) is 17.8 Å². The average molecular weight is 511 g/mol. The molecule has 2 heterocycles. The Hall–Kier alpha value is -2.91. The number of nitrogens with one attached hydrogen (secondary N) is 1. The number of primary amides is 1. The maximum Gasteiger partial charge on any atom is 0.280 e. The van der Waals surface area contributed by atoms with E-state index in [0.29, 0.717) is 10.8 Å². The molecule has 0 radical (unpaired) electrons. The van der Waals surface area contributed by atoms with Crippen molar-refractivity contribution in [1.29, 1.82) is 0 Å². The van der Waals surface area contributed by atoms with Crippen molar-refractivity contribution in [3.05, 3.63) is 46.4 Å². The summed E-state index contributed by atoms with van der Waals surface area (Å²) < 4.78 is 33.4. The molecule has 3 aromatic rings. The lowest BCUT2D eigenvalue weighted by Gasteiger charge is -2.22. The number of aromatic nitrogens is 4. The monoisotopic (exact) mass is 510 g/mol. The second kappa shape index (κ2) is 8.70. The van der Waals surface area contributed by atoms with Gasteiger partial charge in [0.25, 0.3) is 12.3 Å². The normalized spacial score (nSPS) is 14.9. The van der Waals surface area contributed by atoms with E-state index in [4.69, 9.17) is 21.9 Å². The van der Waals surface area contributed by atoms with Crippen molar-refractivity contribution >= 4 is 38.0 Å². The molecule has 1 atom stereocenters. The van der Waals surface area contributed by atoms with Crippen molar-refractivity contribution in [3.63, 3.8) is 0 Å². The molecule has 4 rings (SSSR count). The van der Waals surface area contributed by atoms with Crippen LogP contribution in [-0.2, 0) is 21.5 Å². The average Bonchev–Trinajstić information content (AvgIpc) is 3.18. The van der Waals surface area contributed by atoms with Gasteiger partial charge in [0.2, 0.25) is 11.8 Å². The molecule has 1 aliphatic carbocycles. The van der Waals surface area contributed by atoms with Crippen LogP contribution in [0, 0.1) is 0 Å². The second-order valence-corrected chi connectivity index (χ2v) is 9.77. The summed E-state index contributed by atoms with van der Waals surface area (Å²) >= 11 is 6.44. The van der Waals surface area contributed by atoms with Crippen LogP contribution in [0.1, 0.15) is 50.2 Å². The zero-order chi connectivity index (χ0) is 24.8. The summed E-state index contributed by atoms with van der Waals surface area (Å²) in [6, 6.07) is 6.73. The molecule has 1 unspecified atom stereocenters. The summed E-state index contributed by atoms with van der Waals surface area (Å²) in [5.41, 5.74) is 3.72. The first-order valence-corrected chi connectivity index (χ1v) is 11.3. The van der Waals surface area contributed by atoms with Crippen LogP contribution < -0.4 is 16.4 Å². The molecule has 1 aliphatic rings. The fourth-order valence-corrected chi connectivity index (χ4v) is 4.34. The fourth-order valence-electron chi connectivity index (χ4n) is 3.60. The quantitative estimate of drug-likeness (QED) is 0.448. The number of rotatable bonds is 8. The predicted octanol–water partition coefficient (Wildman–Crippen LogP) is 2.48. The van der Waals surface area contributed by atoms with Crippen LogP contribution in [-0.4, -0.2) is 37.3 Å². The number of halogens is 3. The third kappa shape index (κ3) is 4.54. The molecule has 34 heavy (non-hydrogen) atoms. The number of hydrogen-bond donors (Lipinski definition) is 2. The van der Waals surface area contributed by atoms with E-state index in [2.05, 4.69) is 29.8 Å². The van der Waals surface area contributed by atoms with Gasteiger partial charge in [-0.05, 0) is 49.7 Å². The number of amides is 2. The molecule has 0 saturated heterocycles. The summed E-state index contributed by atoms with van der Waals surface area (Å²) in [7, 11) is 2.58. The highest BCUT2D eigenvalue weighted by atomic mass is 35.5. The Bertz CT molecular complexity index is 1270. The lowest BCUT2D eigenvalue weighted by molar-refractivity contribution is -0.130. The Balaban J connectivity index is 1.60. The van der Waals surface area contributed by atoms with Gasteiger partial charge in [-0.25, -0.2) is 8.78 Å². The summed E-state index contributed by atoms with van der Waals surface area (Å²) in [5.74, 6) is -1.15. The Kier molecular flexibility index (Phi) is 6.20. The summed E-state index contributed by atoms with van der Waals surface area (Å²) in [6.07, 6.45) is -1.40. The van der Waals surface area contributed by atoms with Gasteiger partial charge in [0.05, 0.1) is 5.41 Å². The molecular formula is C21H22ClF2N6O3P. The topological polar surface area (TPSA) is 129 Å². The highest BCUT2D eigenvalue weighted by Crippen LogP contribution is 2.54. The van der Waals surface area contributed by atoms with Crippen LogP contribution >= 0.6 is 20.8 Å². The number of nitrogens with two attached hydrogens (primary N) is 1. The largest absolute Gasteiger partial charge is 0.368 e. The minimum absolute atomic E-state index is 0.00165. The molecule has 2 amide bonds. The molecule has 1 fully saturated rings. The van der Waals surface area contributed by atoms with Crippen LogP contribution in [0.5, 0.6) is 0 Å². The van der Waals surface area contributed by atoms with Gasteiger partial charge >= 0.3 is 0 Å². The van der Waals surface area contributed by atoms with Crippen LogP contribution in [0.2, 0.25) is 5.02 Å². The van der Waals surface area contributed by atoms with E-state index in [1.165, 1.54) is 13.8 Å².